The van der Waals surface area contributed by atoms with Crippen molar-refractivity contribution in [3.05, 3.63) is 39.9 Å². The molecule has 0 amide bonds. The van der Waals surface area contributed by atoms with E-state index in [-0.39, 0.29) is 37.1 Å². The summed E-state index contributed by atoms with van der Waals surface area (Å²) in [6.07, 6.45) is 0. The predicted molar refractivity (Wildman–Crippen MR) is 88.8 cm³/mol. The Morgan fingerprint density at radius 2 is 1.88 bits per heavy atom. The van der Waals surface area contributed by atoms with E-state index in [0.29, 0.717) is 5.56 Å². The zero-order valence-corrected chi connectivity index (χ0v) is 14.8. The van der Waals surface area contributed by atoms with Crippen LogP contribution >= 0.6 is 0 Å². The monoisotopic (exact) mass is 358 g/mol. The normalized spacial score (nSPS) is 11.7. The van der Waals surface area contributed by atoms with Crippen molar-refractivity contribution < 1.29 is 22.9 Å². The lowest BCUT2D eigenvalue weighted by atomic mass is 10.2. The summed E-state index contributed by atoms with van der Waals surface area (Å²) >= 11 is 0. The topological polar surface area (TPSA) is 107 Å². The van der Waals surface area contributed by atoms with Gasteiger partial charge in [0, 0.05) is 18.7 Å². The van der Waals surface area contributed by atoms with Gasteiger partial charge in [0.25, 0.3) is 5.69 Å². The van der Waals surface area contributed by atoms with Crippen LogP contribution in [0.5, 0.6) is 0 Å². The fraction of sp³-hybridized carbons (Fsp3) is 0.533. The number of sulfonamides is 1. The summed E-state index contributed by atoms with van der Waals surface area (Å²) < 4.78 is 31.1. The van der Waals surface area contributed by atoms with Gasteiger partial charge in [-0.1, -0.05) is 26.0 Å². The van der Waals surface area contributed by atoms with Crippen LogP contribution in [0.4, 0.5) is 5.69 Å². The molecule has 0 aliphatic carbocycles. The summed E-state index contributed by atoms with van der Waals surface area (Å²) in [5, 5.41) is 10.6. The fourth-order valence-corrected chi connectivity index (χ4v) is 3.67. The first-order valence-corrected chi connectivity index (χ1v) is 9.13. The molecule has 0 saturated carbocycles. The molecule has 0 spiro atoms. The summed E-state index contributed by atoms with van der Waals surface area (Å²) in [6.45, 7) is 5.36. The van der Waals surface area contributed by atoms with Crippen molar-refractivity contribution in [3.8, 4) is 0 Å². The molecule has 0 atom stereocenters. The molecule has 1 rings (SSSR count). The van der Waals surface area contributed by atoms with Crippen LogP contribution in [0.2, 0.25) is 0 Å². The van der Waals surface area contributed by atoms with Crippen molar-refractivity contribution in [2.24, 2.45) is 5.92 Å². The summed E-state index contributed by atoms with van der Waals surface area (Å²) in [5.74, 6) is -0.909. The SMILES string of the molecule is CCOC(=O)CN(CC(C)C)S(=O)(=O)Cc1ccc([N+](=O)[O-])cc1. The third-order valence-electron chi connectivity index (χ3n) is 3.07. The number of non-ortho nitro benzene ring substituents is 1. The largest absolute Gasteiger partial charge is 0.465 e. The molecule has 24 heavy (non-hydrogen) atoms. The van der Waals surface area contributed by atoms with E-state index in [1.54, 1.807) is 6.92 Å². The van der Waals surface area contributed by atoms with Gasteiger partial charge in [0.05, 0.1) is 17.3 Å². The number of carbonyl (C=O) groups excluding carboxylic acids is 1. The lowest BCUT2D eigenvalue weighted by Crippen LogP contribution is -2.39. The zero-order valence-electron chi connectivity index (χ0n) is 14.0. The maximum absolute atomic E-state index is 12.6. The highest BCUT2D eigenvalue weighted by molar-refractivity contribution is 7.88. The van der Waals surface area contributed by atoms with E-state index in [2.05, 4.69) is 0 Å². The molecule has 1 aromatic rings. The average molecular weight is 358 g/mol. The number of nitrogens with zero attached hydrogens (tertiary/aromatic N) is 2. The Labute approximate surface area is 141 Å². The first-order chi connectivity index (χ1) is 11.2. The molecule has 0 unspecified atom stereocenters. The molecule has 0 aliphatic heterocycles. The van der Waals surface area contributed by atoms with Gasteiger partial charge < -0.3 is 4.74 Å². The van der Waals surface area contributed by atoms with Crippen LogP contribution in [0.25, 0.3) is 0 Å². The highest BCUT2D eigenvalue weighted by Crippen LogP contribution is 2.17. The number of ether oxygens (including phenoxy) is 1. The van der Waals surface area contributed by atoms with Gasteiger partial charge in [-0.3, -0.25) is 14.9 Å². The Hall–Kier alpha value is -2.00. The lowest BCUT2D eigenvalue weighted by Gasteiger charge is -2.23. The van der Waals surface area contributed by atoms with Crippen LogP contribution in [-0.2, 0) is 25.3 Å². The molecule has 0 aromatic heterocycles. The third-order valence-corrected chi connectivity index (χ3v) is 4.83. The number of esters is 1. The molecular formula is C15H22N2O6S. The second-order valence-electron chi connectivity index (χ2n) is 5.67. The minimum absolute atomic E-state index is 0.0334. The van der Waals surface area contributed by atoms with Gasteiger partial charge in [-0.25, -0.2) is 8.42 Å². The Morgan fingerprint density at radius 1 is 1.29 bits per heavy atom. The summed E-state index contributed by atoms with van der Waals surface area (Å²) in [6, 6.07) is 5.30. The minimum atomic E-state index is -3.75. The van der Waals surface area contributed by atoms with Crippen LogP contribution < -0.4 is 0 Å². The van der Waals surface area contributed by atoms with Crippen LogP contribution in [0, 0.1) is 16.0 Å². The van der Waals surface area contributed by atoms with Crippen molar-refractivity contribution in [2.75, 3.05) is 19.7 Å². The van der Waals surface area contributed by atoms with Gasteiger partial charge in [0.15, 0.2) is 0 Å². The van der Waals surface area contributed by atoms with Crippen LogP contribution in [0.1, 0.15) is 26.3 Å². The van der Waals surface area contributed by atoms with E-state index in [0.717, 1.165) is 4.31 Å². The summed E-state index contributed by atoms with van der Waals surface area (Å²) in [4.78, 5) is 21.7. The highest BCUT2D eigenvalue weighted by Gasteiger charge is 2.26. The van der Waals surface area contributed by atoms with Crippen LogP contribution in [0.15, 0.2) is 24.3 Å². The smallest absolute Gasteiger partial charge is 0.321 e. The van der Waals surface area contributed by atoms with Crippen molar-refractivity contribution in [1.29, 1.82) is 0 Å². The van der Waals surface area contributed by atoms with Gasteiger partial charge in [-0.15, -0.1) is 0 Å². The Bertz CT molecular complexity index is 670. The Morgan fingerprint density at radius 3 is 2.33 bits per heavy atom. The van der Waals surface area contributed by atoms with Gasteiger partial charge in [-0.2, -0.15) is 4.31 Å². The number of benzene rings is 1. The number of nitro benzene ring substituents is 1. The minimum Gasteiger partial charge on any atom is -0.465 e. The van der Waals surface area contributed by atoms with E-state index in [9.17, 15) is 23.3 Å². The number of carbonyl (C=O) groups is 1. The predicted octanol–water partition coefficient (Wildman–Crippen LogP) is 1.95. The van der Waals surface area contributed by atoms with Crippen molar-refractivity contribution in [1.82, 2.24) is 4.31 Å². The van der Waals surface area contributed by atoms with Crippen molar-refractivity contribution >= 4 is 21.7 Å². The molecule has 0 N–H and O–H groups in total. The average Bonchev–Trinajstić information content (AvgIpc) is 2.46. The summed E-state index contributed by atoms with van der Waals surface area (Å²) in [7, 11) is -3.75. The molecule has 0 fully saturated rings. The zero-order chi connectivity index (χ0) is 18.3. The Kier molecular flexibility index (Phi) is 7.30. The molecule has 0 radical (unpaired) electrons. The molecule has 134 valence electrons. The van der Waals surface area contributed by atoms with Gasteiger partial charge >= 0.3 is 5.97 Å². The fourth-order valence-electron chi connectivity index (χ4n) is 2.05. The second kappa shape index (κ2) is 8.74. The quantitative estimate of drug-likeness (QED) is 0.379. The number of hydrogen-bond donors (Lipinski definition) is 0. The Balaban J connectivity index is 2.93. The molecule has 1 aromatic carbocycles. The van der Waals surface area contributed by atoms with E-state index in [4.69, 9.17) is 4.74 Å². The highest BCUT2D eigenvalue weighted by atomic mass is 32.2. The van der Waals surface area contributed by atoms with Gasteiger partial charge in [-0.05, 0) is 18.4 Å². The maximum Gasteiger partial charge on any atom is 0.321 e. The van der Waals surface area contributed by atoms with E-state index < -0.39 is 20.9 Å². The van der Waals surface area contributed by atoms with E-state index in [1.807, 2.05) is 13.8 Å². The van der Waals surface area contributed by atoms with Crippen LogP contribution in [-0.4, -0.2) is 43.3 Å². The molecule has 0 heterocycles. The first kappa shape index (κ1) is 20.0. The lowest BCUT2D eigenvalue weighted by molar-refractivity contribution is -0.384. The third kappa shape index (κ3) is 6.25. The standard InChI is InChI=1S/C15H22N2O6S/c1-4-23-15(18)10-16(9-12(2)3)24(21,22)11-13-5-7-14(8-6-13)17(19)20/h5-8,12H,4,9-11H2,1-3H3. The van der Waals surface area contributed by atoms with Crippen molar-refractivity contribution in [2.45, 2.75) is 26.5 Å². The molecule has 9 heteroatoms. The van der Waals surface area contributed by atoms with E-state index in [1.165, 1.54) is 24.3 Å². The van der Waals surface area contributed by atoms with E-state index >= 15 is 0 Å². The van der Waals surface area contributed by atoms with Crippen LogP contribution in [0.3, 0.4) is 0 Å². The number of nitro groups is 1. The maximum atomic E-state index is 12.6. The molecule has 0 bridgehead atoms. The molecular weight excluding hydrogens is 336 g/mol. The van der Waals surface area contributed by atoms with Crippen molar-refractivity contribution in [3.63, 3.8) is 0 Å². The van der Waals surface area contributed by atoms with Gasteiger partial charge in [0.1, 0.15) is 6.54 Å². The van der Waals surface area contributed by atoms with Gasteiger partial charge in [0.2, 0.25) is 10.0 Å². The molecule has 0 saturated heterocycles. The number of hydrogen-bond acceptors (Lipinski definition) is 6. The molecule has 8 nitrogen and oxygen atoms in total. The summed E-state index contributed by atoms with van der Waals surface area (Å²) in [5.41, 5.74) is 0.305. The second-order valence-corrected chi connectivity index (χ2v) is 7.64. The number of rotatable bonds is 9. The molecule has 0 aliphatic rings. The first-order valence-electron chi connectivity index (χ1n) is 7.52.